The van der Waals surface area contributed by atoms with Crippen LogP contribution in [0.25, 0.3) is 11.0 Å². The maximum absolute atomic E-state index is 11.6. The number of carbonyl (C=O) groups is 1. The molecule has 0 bridgehead atoms. The van der Waals surface area contributed by atoms with Crippen molar-refractivity contribution in [2.45, 2.75) is 26.5 Å². The number of cyclic esters (lactones) is 1. The van der Waals surface area contributed by atoms with Crippen LogP contribution in [0, 0.1) is 13.8 Å². The molecule has 4 rings (SSSR count). The molecular weight excluding hydrogens is 358 g/mol. The van der Waals surface area contributed by atoms with Gasteiger partial charge in [0.25, 0.3) is 0 Å². The van der Waals surface area contributed by atoms with Gasteiger partial charge in [-0.3, -0.25) is 4.90 Å². The van der Waals surface area contributed by atoms with Crippen molar-refractivity contribution in [2.24, 2.45) is 0 Å². The number of rotatable bonds is 6. The van der Waals surface area contributed by atoms with Crippen LogP contribution < -0.4 is 9.64 Å². The van der Waals surface area contributed by atoms with E-state index in [9.17, 15) is 9.90 Å². The van der Waals surface area contributed by atoms with Crippen LogP contribution in [0.5, 0.6) is 5.75 Å². The number of hydrogen-bond donors (Lipinski definition) is 1. The lowest BCUT2D eigenvalue weighted by Gasteiger charge is -2.15. The molecule has 3 aromatic rings. The van der Waals surface area contributed by atoms with Gasteiger partial charge in [0.05, 0.1) is 30.5 Å². The number of benzene rings is 2. The van der Waals surface area contributed by atoms with Crippen LogP contribution in [-0.2, 0) is 11.3 Å². The van der Waals surface area contributed by atoms with Crippen LogP contribution in [0.2, 0.25) is 0 Å². The van der Waals surface area contributed by atoms with Crippen molar-refractivity contribution >= 4 is 22.8 Å². The summed E-state index contributed by atoms with van der Waals surface area (Å²) in [4.78, 5) is 17.6. The van der Waals surface area contributed by atoms with Gasteiger partial charge < -0.3 is 19.1 Å². The highest BCUT2D eigenvalue weighted by Gasteiger charge is 2.23. The summed E-state index contributed by atoms with van der Waals surface area (Å²) in [6, 6.07) is 11.3. The van der Waals surface area contributed by atoms with E-state index in [0.717, 1.165) is 16.7 Å². The number of carbonyl (C=O) groups excluding carboxylic acids is 1. The summed E-state index contributed by atoms with van der Waals surface area (Å²) >= 11 is 0. The zero-order valence-corrected chi connectivity index (χ0v) is 16.0. The second kappa shape index (κ2) is 7.52. The van der Waals surface area contributed by atoms with Crippen molar-refractivity contribution in [1.82, 2.24) is 9.55 Å². The molecule has 1 N–H and O–H groups in total. The molecule has 0 spiro atoms. The van der Waals surface area contributed by atoms with Gasteiger partial charge in [-0.25, -0.2) is 9.78 Å². The molecule has 1 fully saturated rings. The Balaban J connectivity index is 1.36. The minimum atomic E-state index is -0.674. The number of aromatic nitrogens is 2. The Kier molecular flexibility index (Phi) is 4.92. The minimum absolute atomic E-state index is 0.162. The summed E-state index contributed by atoms with van der Waals surface area (Å²) in [7, 11) is 0. The maximum Gasteiger partial charge on any atom is 0.414 e. The first-order valence-corrected chi connectivity index (χ1v) is 9.28. The molecule has 2 aromatic carbocycles. The molecule has 2 heterocycles. The lowest BCUT2D eigenvalue weighted by Crippen LogP contribution is -2.24. The number of fused-ring (bicyclic) bond motifs is 1. The predicted octanol–water partition coefficient (Wildman–Crippen LogP) is 3.05. The van der Waals surface area contributed by atoms with E-state index in [0.29, 0.717) is 25.4 Å². The predicted molar refractivity (Wildman–Crippen MR) is 106 cm³/mol. The molecule has 1 atom stereocenters. The number of hydrogen-bond acceptors (Lipinski definition) is 5. The number of amides is 1. The van der Waals surface area contributed by atoms with Crippen molar-refractivity contribution in [3.8, 4) is 5.75 Å². The molecule has 0 saturated carbocycles. The number of anilines is 1. The molecule has 28 heavy (non-hydrogen) atoms. The zero-order valence-electron chi connectivity index (χ0n) is 16.0. The quantitative estimate of drug-likeness (QED) is 0.710. The van der Waals surface area contributed by atoms with Gasteiger partial charge >= 0.3 is 6.09 Å². The van der Waals surface area contributed by atoms with Crippen molar-refractivity contribution in [3.63, 3.8) is 0 Å². The highest BCUT2D eigenvalue weighted by molar-refractivity contribution is 5.89. The molecule has 1 aromatic heterocycles. The number of aryl methyl sites for hydroxylation is 2. The fraction of sp³-hybridized carbons (Fsp3) is 0.333. The van der Waals surface area contributed by atoms with Crippen LogP contribution in [0.3, 0.4) is 0 Å². The molecule has 0 aliphatic carbocycles. The van der Waals surface area contributed by atoms with Gasteiger partial charge in [0.15, 0.2) is 0 Å². The first-order valence-electron chi connectivity index (χ1n) is 9.28. The number of aliphatic hydroxyl groups is 1. The summed E-state index contributed by atoms with van der Waals surface area (Å²) in [5.74, 6) is 0.636. The van der Waals surface area contributed by atoms with Gasteiger partial charge in [0.2, 0.25) is 0 Å². The highest BCUT2D eigenvalue weighted by atomic mass is 16.6. The van der Waals surface area contributed by atoms with E-state index < -0.39 is 6.10 Å². The van der Waals surface area contributed by atoms with Gasteiger partial charge in [-0.2, -0.15) is 0 Å². The number of imidazole rings is 1. The lowest BCUT2D eigenvalue weighted by atomic mass is 10.1. The Morgan fingerprint density at radius 1 is 1.21 bits per heavy atom. The Hall–Kier alpha value is -3.06. The Bertz CT molecular complexity index is 997. The summed E-state index contributed by atoms with van der Waals surface area (Å²) in [6.07, 6.45) is 0.741. The first kappa shape index (κ1) is 18.3. The van der Waals surface area contributed by atoms with Crippen LogP contribution in [-0.4, -0.2) is 46.6 Å². The normalized spacial score (nSPS) is 15.1. The SMILES string of the molecule is Cc1cc2ncn(C[C@@H](O)COc3ccc(N4CCOC4=O)cc3)c2cc1C. The van der Waals surface area contributed by atoms with Gasteiger partial charge in [0.1, 0.15) is 25.1 Å². The Morgan fingerprint density at radius 3 is 2.68 bits per heavy atom. The van der Waals surface area contributed by atoms with E-state index in [2.05, 4.69) is 31.0 Å². The molecule has 1 aliphatic rings. The average Bonchev–Trinajstić information content (AvgIpc) is 3.27. The van der Waals surface area contributed by atoms with Gasteiger partial charge in [0, 0.05) is 5.69 Å². The summed E-state index contributed by atoms with van der Waals surface area (Å²) < 4.78 is 12.6. The first-order chi connectivity index (χ1) is 13.5. The van der Waals surface area contributed by atoms with E-state index >= 15 is 0 Å². The summed E-state index contributed by atoms with van der Waals surface area (Å²) in [6.45, 7) is 5.65. The molecule has 1 amide bonds. The molecule has 7 heteroatoms. The van der Waals surface area contributed by atoms with Crippen LogP contribution in [0.1, 0.15) is 11.1 Å². The maximum atomic E-state index is 11.6. The molecule has 1 saturated heterocycles. The van der Waals surface area contributed by atoms with Crippen molar-refractivity contribution in [1.29, 1.82) is 0 Å². The van der Waals surface area contributed by atoms with Gasteiger partial charge in [-0.05, 0) is 61.4 Å². The second-order valence-electron chi connectivity index (χ2n) is 7.05. The lowest BCUT2D eigenvalue weighted by molar-refractivity contribution is 0.0934. The highest BCUT2D eigenvalue weighted by Crippen LogP contribution is 2.23. The standard InChI is InChI=1S/C21H23N3O4/c1-14-9-19-20(10-15(14)2)23(13-22-19)11-17(25)12-28-18-5-3-16(4-6-18)24-7-8-27-21(24)26/h3-6,9-10,13,17,25H,7-8,11-12H2,1-2H3/t17-/m1/s1. The zero-order chi connectivity index (χ0) is 19.7. The molecule has 1 aliphatic heterocycles. The van der Waals surface area contributed by atoms with E-state index in [1.165, 1.54) is 11.1 Å². The second-order valence-corrected chi connectivity index (χ2v) is 7.05. The fourth-order valence-electron chi connectivity index (χ4n) is 3.28. The third-order valence-corrected chi connectivity index (χ3v) is 5.00. The molecule has 0 radical (unpaired) electrons. The number of ether oxygens (including phenoxy) is 2. The molecule has 146 valence electrons. The third-order valence-electron chi connectivity index (χ3n) is 5.00. The van der Waals surface area contributed by atoms with Crippen molar-refractivity contribution in [3.05, 3.63) is 53.9 Å². The van der Waals surface area contributed by atoms with E-state index in [-0.39, 0.29) is 12.7 Å². The number of aliphatic hydroxyl groups excluding tert-OH is 1. The summed E-state index contributed by atoms with van der Waals surface area (Å²) in [5.41, 5.74) is 5.09. The smallest absolute Gasteiger partial charge is 0.414 e. The van der Waals surface area contributed by atoms with Crippen LogP contribution >= 0.6 is 0 Å². The van der Waals surface area contributed by atoms with E-state index in [4.69, 9.17) is 9.47 Å². The molecule has 7 nitrogen and oxygen atoms in total. The van der Waals surface area contributed by atoms with Crippen molar-refractivity contribution in [2.75, 3.05) is 24.7 Å². The monoisotopic (exact) mass is 381 g/mol. The number of nitrogens with zero attached hydrogens (tertiary/aromatic N) is 3. The third kappa shape index (κ3) is 3.66. The summed E-state index contributed by atoms with van der Waals surface area (Å²) in [5, 5.41) is 10.4. The van der Waals surface area contributed by atoms with Crippen LogP contribution in [0.15, 0.2) is 42.7 Å². The minimum Gasteiger partial charge on any atom is -0.491 e. The van der Waals surface area contributed by atoms with Gasteiger partial charge in [-0.15, -0.1) is 0 Å². The van der Waals surface area contributed by atoms with Crippen LogP contribution in [0.4, 0.5) is 10.5 Å². The Labute approximate surface area is 163 Å². The molecule has 0 unspecified atom stereocenters. The van der Waals surface area contributed by atoms with Gasteiger partial charge in [-0.1, -0.05) is 0 Å². The fourth-order valence-corrected chi connectivity index (χ4v) is 3.28. The topological polar surface area (TPSA) is 76.8 Å². The molecular formula is C21H23N3O4. The van der Waals surface area contributed by atoms with Crippen molar-refractivity contribution < 1.29 is 19.4 Å². The average molecular weight is 381 g/mol. The van der Waals surface area contributed by atoms with E-state index in [1.807, 2.05) is 16.7 Å². The largest absolute Gasteiger partial charge is 0.491 e. The Morgan fingerprint density at radius 2 is 1.96 bits per heavy atom. The van der Waals surface area contributed by atoms with E-state index in [1.54, 1.807) is 23.4 Å².